The summed E-state index contributed by atoms with van der Waals surface area (Å²) in [4.78, 5) is 30.0. The lowest BCUT2D eigenvalue weighted by atomic mass is 9.98. The van der Waals surface area contributed by atoms with E-state index in [0.717, 1.165) is 42.3 Å². The summed E-state index contributed by atoms with van der Waals surface area (Å²) in [6.45, 7) is 6.33. The molecule has 0 bridgehead atoms. The molecule has 1 saturated heterocycles. The third kappa shape index (κ3) is 4.82. The molecule has 0 aliphatic carbocycles. The number of aryl methyl sites for hydroxylation is 1. The number of anilines is 1. The van der Waals surface area contributed by atoms with Gasteiger partial charge in [-0.2, -0.15) is 0 Å². The molecule has 1 fully saturated rings. The van der Waals surface area contributed by atoms with Gasteiger partial charge in [-0.15, -0.1) is 11.3 Å². The lowest BCUT2D eigenvalue weighted by Crippen LogP contribution is -2.35. The number of piperidine rings is 1. The molecular weight excluding hydrogens is 364 g/mol. The third-order valence-electron chi connectivity index (χ3n) is 4.89. The summed E-state index contributed by atoms with van der Waals surface area (Å²) in [6.07, 6.45) is 2.75. The number of amides is 1. The van der Waals surface area contributed by atoms with E-state index in [0.29, 0.717) is 24.4 Å². The van der Waals surface area contributed by atoms with Crippen molar-refractivity contribution in [1.82, 2.24) is 10.3 Å². The first kappa shape index (κ1) is 19.3. The van der Waals surface area contributed by atoms with E-state index in [2.05, 4.69) is 22.1 Å². The van der Waals surface area contributed by atoms with Crippen LogP contribution in [0.3, 0.4) is 0 Å². The van der Waals surface area contributed by atoms with Gasteiger partial charge in [0.2, 0.25) is 0 Å². The Morgan fingerprint density at radius 1 is 1.41 bits per heavy atom. The molecule has 3 rings (SSSR count). The molecule has 2 heterocycles. The summed E-state index contributed by atoms with van der Waals surface area (Å²) in [5.41, 5.74) is 2.02. The zero-order valence-corrected chi connectivity index (χ0v) is 16.4. The molecule has 27 heavy (non-hydrogen) atoms. The molecule has 144 valence electrons. The second kappa shape index (κ2) is 8.47. The number of nitro groups is 1. The fourth-order valence-electron chi connectivity index (χ4n) is 3.27. The second-order valence-corrected chi connectivity index (χ2v) is 8.05. The van der Waals surface area contributed by atoms with Crippen LogP contribution in [-0.4, -0.2) is 35.4 Å². The number of benzene rings is 1. The van der Waals surface area contributed by atoms with E-state index in [9.17, 15) is 14.9 Å². The van der Waals surface area contributed by atoms with Crippen LogP contribution in [0, 0.1) is 23.0 Å². The number of hydrogen-bond donors (Lipinski definition) is 1. The molecule has 1 aromatic heterocycles. The number of aromatic nitrogens is 1. The van der Waals surface area contributed by atoms with Gasteiger partial charge in [0.1, 0.15) is 0 Å². The predicted octanol–water partition coefficient (Wildman–Crippen LogP) is 3.57. The normalized spacial score (nSPS) is 15.0. The number of carbonyl (C=O) groups is 1. The Bertz CT molecular complexity index is 828. The Kier molecular flexibility index (Phi) is 6.05. The van der Waals surface area contributed by atoms with Crippen LogP contribution >= 0.6 is 11.3 Å². The fraction of sp³-hybridized carbons (Fsp3) is 0.474. The maximum Gasteiger partial charge on any atom is 0.270 e. The van der Waals surface area contributed by atoms with Crippen molar-refractivity contribution in [1.29, 1.82) is 0 Å². The maximum absolute atomic E-state index is 12.8. The third-order valence-corrected chi connectivity index (χ3v) is 5.72. The van der Waals surface area contributed by atoms with E-state index in [1.54, 1.807) is 17.4 Å². The Hall–Kier alpha value is -2.48. The van der Waals surface area contributed by atoms with Crippen LogP contribution in [0.1, 0.15) is 40.8 Å². The highest BCUT2D eigenvalue weighted by Crippen LogP contribution is 2.29. The van der Waals surface area contributed by atoms with Crippen molar-refractivity contribution in [2.75, 3.05) is 24.5 Å². The standard InChI is InChI=1S/C19H24N4O3S/c1-13-6-9-22(10-7-13)18-4-3-16(23(25)26)11-17(18)19(24)20-8-5-15-12-27-14(2)21-15/h3-4,11-13H,5-10H2,1-2H3,(H,20,24). The molecule has 1 aliphatic heterocycles. The summed E-state index contributed by atoms with van der Waals surface area (Å²) >= 11 is 1.58. The Morgan fingerprint density at radius 3 is 2.78 bits per heavy atom. The summed E-state index contributed by atoms with van der Waals surface area (Å²) in [7, 11) is 0. The number of non-ortho nitro benzene ring substituents is 1. The van der Waals surface area contributed by atoms with Gasteiger partial charge in [0.05, 0.1) is 26.9 Å². The predicted molar refractivity (Wildman–Crippen MR) is 107 cm³/mol. The summed E-state index contributed by atoms with van der Waals surface area (Å²) in [5.74, 6) is 0.386. The fourth-order valence-corrected chi connectivity index (χ4v) is 3.91. The second-order valence-electron chi connectivity index (χ2n) is 6.99. The van der Waals surface area contributed by atoms with E-state index < -0.39 is 4.92 Å². The number of nitro benzene ring substituents is 1. The Labute approximate surface area is 162 Å². The van der Waals surface area contributed by atoms with Crippen LogP contribution in [-0.2, 0) is 6.42 Å². The van der Waals surface area contributed by atoms with Crippen LogP contribution in [0.25, 0.3) is 0 Å². The summed E-state index contributed by atoms with van der Waals surface area (Å²) < 4.78 is 0. The van der Waals surface area contributed by atoms with Crippen molar-refractivity contribution in [3.05, 3.63) is 50.0 Å². The molecule has 0 spiro atoms. The largest absolute Gasteiger partial charge is 0.371 e. The highest BCUT2D eigenvalue weighted by Gasteiger charge is 2.23. The van der Waals surface area contributed by atoms with E-state index in [-0.39, 0.29) is 11.6 Å². The van der Waals surface area contributed by atoms with Crippen LogP contribution in [0.5, 0.6) is 0 Å². The van der Waals surface area contributed by atoms with Gasteiger partial charge in [0.15, 0.2) is 0 Å². The monoisotopic (exact) mass is 388 g/mol. The van der Waals surface area contributed by atoms with Crippen molar-refractivity contribution in [3.8, 4) is 0 Å². The molecule has 0 radical (unpaired) electrons. The SMILES string of the molecule is Cc1nc(CCNC(=O)c2cc([N+](=O)[O-])ccc2N2CCC(C)CC2)cs1. The highest BCUT2D eigenvalue weighted by molar-refractivity contribution is 7.09. The van der Waals surface area contributed by atoms with Crippen molar-refractivity contribution >= 4 is 28.6 Å². The van der Waals surface area contributed by atoms with Gasteiger partial charge >= 0.3 is 0 Å². The lowest BCUT2D eigenvalue weighted by molar-refractivity contribution is -0.384. The highest BCUT2D eigenvalue weighted by atomic mass is 32.1. The van der Waals surface area contributed by atoms with Crippen molar-refractivity contribution in [2.45, 2.75) is 33.1 Å². The topological polar surface area (TPSA) is 88.4 Å². The molecule has 0 unspecified atom stereocenters. The van der Waals surface area contributed by atoms with Crippen molar-refractivity contribution in [2.24, 2.45) is 5.92 Å². The summed E-state index contributed by atoms with van der Waals surface area (Å²) in [5, 5.41) is 17.0. The van der Waals surface area contributed by atoms with Gasteiger partial charge in [-0.25, -0.2) is 4.98 Å². The minimum Gasteiger partial charge on any atom is -0.371 e. The molecule has 1 amide bonds. The smallest absolute Gasteiger partial charge is 0.270 e. The molecule has 0 saturated carbocycles. The number of thiazole rings is 1. The van der Waals surface area contributed by atoms with Crippen LogP contribution in [0.2, 0.25) is 0 Å². The Balaban J connectivity index is 1.74. The van der Waals surface area contributed by atoms with Crippen molar-refractivity contribution < 1.29 is 9.72 Å². The first-order valence-electron chi connectivity index (χ1n) is 9.16. The molecule has 7 nitrogen and oxygen atoms in total. The van der Waals surface area contributed by atoms with E-state index in [4.69, 9.17) is 0 Å². The molecule has 1 aromatic carbocycles. The quantitative estimate of drug-likeness (QED) is 0.604. The van der Waals surface area contributed by atoms with Crippen LogP contribution in [0.4, 0.5) is 11.4 Å². The molecule has 8 heteroatoms. The first-order chi connectivity index (χ1) is 12.9. The molecular formula is C19H24N4O3S. The zero-order chi connectivity index (χ0) is 19.4. The van der Waals surface area contributed by atoms with Gasteiger partial charge < -0.3 is 10.2 Å². The first-order valence-corrected chi connectivity index (χ1v) is 10.0. The molecule has 0 atom stereocenters. The zero-order valence-electron chi connectivity index (χ0n) is 15.6. The molecule has 2 aromatic rings. The van der Waals surface area contributed by atoms with E-state index in [1.165, 1.54) is 12.1 Å². The Morgan fingerprint density at radius 2 is 2.15 bits per heavy atom. The van der Waals surface area contributed by atoms with Crippen LogP contribution in [0.15, 0.2) is 23.6 Å². The number of nitrogens with zero attached hydrogens (tertiary/aromatic N) is 3. The lowest BCUT2D eigenvalue weighted by Gasteiger charge is -2.33. The minimum atomic E-state index is -0.461. The van der Waals surface area contributed by atoms with Gasteiger partial charge in [-0.1, -0.05) is 6.92 Å². The number of nitrogens with one attached hydrogen (secondary N) is 1. The van der Waals surface area contributed by atoms with E-state index >= 15 is 0 Å². The minimum absolute atomic E-state index is 0.0654. The number of carbonyl (C=O) groups excluding carboxylic acids is 1. The van der Waals surface area contributed by atoms with Gasteiger partial charge in [-0.3, -0.25) is 14.9 Å². The maximum atomic E-state index is 12.8. The van der Waals surface area contributed by atoms with Crippen molar-refractivity contribution in [3.63, 3.8) is 0 Å². The van der Waals surface area contributed by atoms with E-state index in [1.807, 2.05) is 12.3 Å². The molecule has 1 aliphatic rings. The number of rotatable bonds is 6. The van der Waals surface area contributed by atoms with Gasteiger partial charge in [0.25, 0.3) is 11.6 Å². The van der Waals surface area contributed by atoms with Gasteiger partial charge in [0, 0.05) is 43.6 Å². The van der Waals surface area contributed by atoms with Gasteiger partial charge in [-0.05, 0) is 31.7 Å². The molecule has 1 N–H and O–H groups in total. The number of hydrogen-bond acceptors (Lipinski definition) is 6. The average Bonchev–Trinajstić information content (AvgIpc) is 3.07. The average molecular weight is 388 g/mol. The van der Waals surface area contributed by atoms with Crippen LogP contribution < -0.4 is 10.2 Å². The summed E-state index contributed by atoms with van der Waals surface area (Å²) in [6, 6.07) is 4.56.